The van der Waals surface area contributed by atoms with E-state index >= 15 is 0 Å². The summed E-state index contributed by atoms with van der Waals surface area (Å²) in [4.78, 5) is 17.0. The molecule has 0 bridgehead atoms. The monoisotopic (exact) mass is 490 g/mol. The highest BCUT2D eigenvalue weighted by Crippen LogP contribution is 2.21. The minimum absolute atomic E-state index is 0.101. The fourth-order valence-corrected chi connectivity index (χ4v) is 4.58. The number of hydrogen-bond acceptors (Lipinski definition) is 5. The number of nitrogens with one attached hydrogen (secondary N) is 2. The molecular formula is C26H26N4O4S. The minimum atomic E-state index is -3.82. The van der Waals surface area contributed by atoms with Crippen molar-refractivity contribution in [1.82, 2.24) is 14.9 Å². The maximum atomic E-state index is 12.9. The second kappa shape index (κ2) is 10.4. The zero-order valence-electron chi connectivity index (χ0n) is 19.4. The number of nitrogens with zero attached hydrogens (tertiary/aromatic N) is 2. The molecule has 0 saturated carbocycles. The van der Waals surface area contributed by atoms with Crippen molar-refractivity contribution in [2.24, 2.45) is 0 Å². The average molecular weight is 491 g/mol. The van der Waals surface area contributed by atoms with Crippen LogP contribution >= 0.6 is 0 Å². The van der Waals surface area contributed by atoms with Gasteiger partial charge in [-0.1, -0.05) is 18.2 Å². The third-order valence-electron chi connectivity index (χ3n) is 5.37. The van der Waals surface area contributed by atoms with Crippen molar-refractivity contribution in [2.45, 2.75) is 24.8 Å². The molecule has 0 aliphatic heterocycles. The second-order valence-electron chi connectivity index (χ2n) is 7.85. The number of imidazole rings is 1. The Labute approximate surface area is 204 Å². The zero-order valence-corrected chi connectivity index (χ0v) is 20.2. The third kappa shape index (κ3) is 5.88. The van der Waals surface area contributed by atoms with Gasteiger partial charge in [-0.15, -0.1) is 0 Å². The van der Waals surface area contributed by atoms with Crippen molar-refractivity contribution >= 4 is 21.6 Å². The molecule has 0 radical (unpaired) electrons. The van der Waals surface area contributed by atoms with Crippen LogP contribution in [0.25, 0.3) is 5.69 Å². The Hall–Kier alpha value is -4.11. The Morgan fingerprint density at radius 2 is 1.80 bits per heavy atom. The summed E-state index contributed by atoms with van der Waals surface area (Å²) in [6.07, 6.45) is 5.29. The minimum Gasteiger partial charge on any atom is -0.494 e. The van der Waals surface area contributed by atoms with Crippen molar-refractivity contribution < 1.29 is 17.9 Å². The molecule has 3 aromatic carbocycles. The molecule has 1 amide bonds. The molecule has 4 aromatic rings. The number of aromatic nitrogens is 2. The van der Waals surface area contributed by atoms with Crippen LogP contribution in [-0.2, 0) is 10.0 Å². The predicted molar refractivity (Wildman–Crippen MR) is 134 cm³/mol. The molecule has 0 aliphatic rings. The predicted octanol–water partition coefficient (Wildman–Crippen LogP) is 4.56. The number of benzene rings is 3. The normalized spacial score (nSPS) is 12.1. The smallest absolute Gasteiger partial charge is 0.261 e. The van der Waals surface area contributed by atoms with E-state index < -0.39 is 10.0 Å². The fraction of sp³-hybridized carbons (Fsp3) is 0.154. The summed E-state index contributed by atoms with van der Waals surface area (Å²) in [5.74, 6) is 0.286. The molecule has 1 aromatic heterocycles. The van der Waals surface area contributed by atoms with Gasteiger partial charge < -0.3 is 14.6 Å². The molecule has 35 heavy (non-hydrogen) atoms. The molecule has 9 heteroatoms. The molecule has 0 spiro atoms. The molecule has 4 rings (SSSR count). The SMILES string of the molecule is CCOc1ccc(S(=O)(=O)Nc2cccc(C(=O)N[C@H](C)c3ccc(-n4ccnc4)cc3)c2)cc1. The van der Waals surface area contributed by atoms with Crippen molar-refractivity contribution in [3.63, 3.8) is 0 Å². The highest BCUT2D eigenvalue weighted by molar-refractivity contribution is 7.92. The van der Waals surface area contributed by atoms with Crippen molar-refractivity contribution in [2.75, 3.05) is 11.3 Å². The number of carbonyl (C=O) groups is 1. The number of carbonyl (C=O) groups excluding carboxylic acids is 1. The maximum absolute atomic E-state index is 12.9. The highest BCUT2D eigenvalue weighted by atomic mass is 32.2. The standard InChI is InChI=1S/C26H26N4O4S/c1-3-34-24-11-13-25(14-12-24)35(32,33)29-22-6-4-5-21(17-22)26(31)28-19(2)20-7-9-23(10-8-20)30-16-15-27-18-30/h4-19,29H,3H2,1-2H3,(H,28,31)/t19-/m1/s1. The number of amides is 1. The van der Waals surface area contributed by atoms with E-state index in [0.717, 1.165) is 11.3 Å². The number of rotatable bonds is 9. The van der Waals surface area contributed by atoms with Crippen LogP contribution in [0.5, 0.6) is 5.75 Å². The van der Waals surface area contributed by atoms with Gasteiger partial charge in [0.25, 0.3) is 15.9 Å². The molecule has 2 N–H and O–H groups in total. The van der Waals surface area contributed by atoms with Crippen molar-refractivity contribution in [3.05, 3.63) is 103 Å². The summed E-state index contributed by atoms with van der Waals surface area (Å²) >= 11 is 0. The first kappa shape index (κ1) is 24.0. The van der Waals surface area contributed by atoms with Crippen LogP contribution in [0.1, 0.15) is 35.8 Å². The Morgan fingerprint density at radius 1 is 1.06 bits per heavy atom. The first-order valence-corrected chi connectivity index (χ1v) is 12.6. The summed E-state index contributed by atoms with van der Waals surface area (Å²) < 4.78 is 35.3. The van der Waals surface area contributed by atoms with E-state index in [1.807, 2.05) is 48.9 Å². The van der Waals surface area contributed by atoms with Crippen LogP contribution < -0.4 is 14.8 Å². The van der Waals surface area contributed by atoms with Crippen LogP contribution in [0.2, 0.25) is 0 Å². The van der Waals surface area contributed by atoms with Gasteiger partial charge in [0.2, 0.25) is 0 Å². The number of ether oxygens (including phenoxy) is 1. The maximum Gasteiger partial charge on any atom is 0.261 e. The lowest BCUT2D eigenvalue weighted by Crippen LogP contribution is -2.26. The van der Waals surface area contributed by atoms with Gasteiger partial charge in [0, 0.05) is 29.3 Å². The van der Waals surface area contributed by atoms with Crippen molar-refractivity contribution in [3.8, 4) is 11.4 Å². The quantitative estimate of drug-likeness (QED) is 0.358. The van der Waals surface area contributed by atoms with Gasteiger partial charge in [0.1, 0.15) is 5.75 Å². The van der Waals surface area contributed by atoms with Gasteiger partial charge >= 0.3 is 0 Å². The lowest BCUT2D eigenvalue weighted by atomic mass is 10.1. The summed E-state index contributed by atoms with van der Waals surface area (Å²) in [5, 5.41) is 2.96. The van der Waals surface area contributed by atoms with Crippen LogP contribution in [0.15, 0.2) is 96.4 Å². The van der Waals surface area contributed by atoms with Gasteiger partial charge in [-0.05, 0) is 74.0 Å². The lowest BCUT2D eigenvalue weighted by Gasteiger charge is -2.16. The Morgan fingerprint density at radius 3 is 2.46 bits per heavy atom. The summed E-state index contributed by atoms with van der Waals surface area (Å²) in [6, 6.07) is 20.1. The third-order valence-corrected chi connectivity index (χ3v) is 6.76. The largest absolute Gasteiger partial charge is 0.494 e. The summed E-state index contributed by atoms with van der Waals surface area (Å²) in [7, 11) is -3.82. The molecule has 8 nitrogen and oxygen atoms in total. The summed E-state index contributed by atoms with van der Waals surface area (Å²) in [5.41, 5.74) is 2.55. The average Bonchev–Trinajstić information content (AvgIpc) is 3.40. The molecule has 1 heterocycles. The molecule has 0 saturated heterocycles. The van der Waals surface area contributed by atoms with Crippen molar-refractivity contribution in [1.29, 1.82) is 0 Å². The van der Waals surface area contributed by atoms with E-state index in [2.05, 4.69) is 15.0 Å². The topological polar surface area (TPSA) is 102 Å². The van der Waals surface area contributed by atoms with Gasteiger partial charge in [-0.2, -0.15) is 0 Å². The zero-order chi connectivity index (χ0) is 24.8. The molecule has 0 fully saturated rings. The van der Waals surface area contributed by atoms with E-state index in [9.17, 15) is 13.2 Å². The fourth-order valence-electron chi connectivity index (χ4n) is 3.53. The van der Waals surface area contributed by atoms with Gasteiger partial charge in [0.05, 0.1) is 23.9 Å². The Bertz CT molecular complexity index is 1380. The van der Waals surface area contributed by atoms with Crippen LogP contribution in [0, 0.1) is 0 Å². The molecule has 0 aliphatic carbocycles. The van der Waals surface area contributed by atoms with E-state index in [4.69, 9.17) is 4.74 Å². The van der Waals surface area contributed by atoms with E-state index in [-0.39, 0.29) is 16.8 Å². The highest BCUT2D eigenvalue weighted by Gasteiger charge is 2.16. The first-order valence-electron chi connectivity index (χ1n) is 11.1. The second-order valence-corrected chi connectivity index (χ2v) is 9.53. The Balaban J connectivity index is 1.42. The van der Waals surface area contributed by atoms with E-state index in [1.165, 1.54) is 18.2 Å². The van der Waals surface area contributed by atoms with Crippen LogP contribution in [-0.4, -0.2) is 30.5 Å². The number of sulfonamides is 1. The molecule has 0 unspecified atom stereocenters. The van der Waals surface area contributed by atoms with Gasteiger partial charge in [-0.3, -0.25) is 9.52 Å². The Kier molecular flexibility index (Phi) is 7.17. The van der Waals surface area contributed by atoms with E-state index in [1.54, 1.807) is 42.9 Å². The van der Waals surface area contributed by atoms with Gasteiger partial charge in [-0.25, -0.2) is 13.4 Å². The number of hydrogen-bond donors (Lipinski definition) is 2. The van der Waals surface area contributed by atoms with Gasteiger partial charge in [0.15, 0.2) is 0 Å². The van der Waals surface area contributed by atoms with Crippen LogP contribution in [0.3, 0.4) is 0 Å². The van der Waals surface area contributed by atoms with Crippen LogP contribution in [0.4, 0.5) is 5.69 Å². The van der Waals surface area contributed by atoms with E-state index in [0.29, 0.717) is 23.6 Å². The molecule has 180 valence electrons. The summed E-state index contributed by atoms with van der Waals surface area (Å²) in [6.45, 7) is 4.24. The lowest BCUT2D eigenvalue weighted by molar-refractivity contribution is 0.0940. The number of anilines is 1. The molecule has 1 atom stereocenters. The molecular weight excluding hydrogens is 464 g/mol. The first-order chi connectivity index (χ1) is 16.9.